The lowest BCUT2D eigenvalue weighted by Gasteiger charge is -2.32. The first-order valence-corrected chi connectivity index (χ1v) is 7.44. The number of carbonyl (C=O) groups is 2. The van der Waals surface area contributed by atoms with Crippen molar-refractivity contribution >= 4 is 12.0 Å². The first kappa shape index (κ1) is 16.4. The highest BCUT2D eigenvalue weighted by Crippen LogP contribution is 2.16. The third kappa shape index (κ3) is 4.24. The maximum Gasteiger partial charge on any atom is 0.407 e. The fraction of sp³-hybridized carbons (Fsp3) is 0.600. The molecule has 1 fully saturated rings. The third-order valence-electron chi connectivity index (χ3n) is 3.47. The zero-order chi connectivity index (χ0) is 15.9. The van der Waals surface area contributed by atoms with Crippen molar-refractivity contribution in [3.8, 4) is 0 Å². The summed E-state index contributed by atoms with van der Waals surface area (Å²) in [5.74, 6) is 0.741. The van der Waals surface area contributed by atoms with Crippen LogP contribution in [0.2, 0.25) is 0 Å². The Hall–Kier alpha value is -2.02. The Bertz CT molecular complexity index is 514. The van der Waals surface area contributed by atoms with Crippen LogP contribution in [-0.2, 0) is 16.1 Å². The number of furan rings is 1. The summed E-state index contributed by atoms with van der Waals surface area (Å²) in [6, 6.07) is 3.29. The molecule has 0 aromatic carbocycles. The minimum Gasteiger partial charge on any atom is -0.453 e. The number of ether oxygens (including phenoxy) is 2. The molecule has 0 saturated carbocycles. The largest absolute Gasteiger partial charge is 0.453 e. The van der Waals surface area contributed by atoms with Crippen LogP contribution in [0.25, 0.3) is 0 Å². The number of nitrogens with zero attached hydrogens (tertiary/aromatic N) is 1. The number of likely N-dealkylation sites (tertiary alicyclic amines) is 1. The lowest BCUT2D eigenvalue weighted by Crippen LogP contribution is -2.49. The summed E-state index contributed by atoms with van der Waals surface area (Å²) < 4.78 is 15.3. The van der Waals surface area contributed by atoms with Gasteiger partial charge in [0.15, 0.2) is 5.76 Å². The zero-order valence-electron chi connectivity index (χ0n) is 13.0. The molecule has 0 aliphatic carbocycles. The molecule has 1 unspecified atom stereocenters. The van der Waals surface area contributed by atoms with Crippen molar-refractivity contribution in [1.82, 2.24) is 10.2 Å². The van der Waals surface area contributed by atoms with E-state index in [0.29, 0.717) is 37.8 Å². The summed E-state index contributed by atoms with van der Waals surface area (Å²) in [5, 5.41) is 2.78. The maximum atomic E-state index is 12.4. The second kappa shape index (κ2) is 7.84. The number of nitrogens with one attached hydrogen (secondary N) is 1. The lowest BCUT2D eigenvalue weighted by molar-refractivity contribution is 0.0648. The molecule has 22 heavy (non-hydrogen) atoms. The predicted molar refractivity (Wildman–Crippen MR) is 78.5 cm³/mol. The normalized spacial score (nSPS) is 18.1. The SMILES string of the molecule is CCOC(=O)NC1CCCN(C(=O)c2ccc(COC)o2)C1. The van der Waals surface area contributed by atoms with Crippen LogP contribution in [0.4, 0.5) is 4.79 Å². The fourth-order valence-corrected chi connectivity index (χ4v) is 2.49. The minimum absolute atomic E-state index is 0.0924. The van der Waals surface area contributed by atoms with E-state index in [0.717, 1.165) is 12.8 Å². The van der Waals surface area contributed by atoms with Gasteiger partial charge in [0.05, 0.1) is 6.61 Å². The molecular weight excluding hydrogens is 288 g/mol. The van der Waals surface area contributed by atoms with Crippen LogP contribution >= 0.6 is 0 Å². The van der Waals surface area contributed by atoms with Gasteiger partial charge in [-0.15, -0.1) is 0 Å². The number of methoxy groups -OCH3 is 1. The van der Waals surface area contributed by atoms with E-state index in [2.05, 4.69) is 5.32 Å². The molecule has 0 bridgehead atoms. The Morgan fingerprint density at radius 2 is 2.27 bits per heavy atom. The Kier molecular flexibility index (Phi) is 5.83. The van der Waals surface area contributed by atoms with Crippen molar-refractivity contribution < 1.29 is 23.5 Å². The van der Waals surface area contributed by atoms with Gasteiger partial charge in [0.25, 0.3) is 5.91 Å². The van der Waals surface area contributed by atoms with Gasteiger partial charge in [-0.1, -0.05) is 0 Å². The van der Waals surface area contributed by atoms with E-state index in [1.165, 1.54) is 0 Å². The molecule has 0 spiro atoms. The molecule has 7 nitrogen and oxygen atoms in total. The number of carbonyl (C=O) groups excluding carboxylic acids is 2. The Morgan fingerprint density at radius 1 is 1.45 bits per heavy atom. The fourth-order valence-electron chi connectivity index (χ4n) is 2.49. The predicted octanol–water partition coefficient (Wildman–Crippen LogP) is 1.78. The van der Waals surface area contributed by atoms with Gasteiger partial charge in [-0.25, -0.2) is 4.79 Å². The molecule has 1 aromatic rings. The van der Waals surface area contributed by atoms with Gasteiger partial charge < -0.3 is 24.1 Å². The average Bonchev–Trinajstić information content (AvgIpc) is 2.96. The second-order valence-corrected chi connectivity index (χ2v) is 5.15. The Balaban J connectivity index is 1.93. The molecule has 122 valence electrons. The van der Waals surface area contributed by atoms with E-state index in [1.54, 1.807) is 31.1 Å². The van der Waals surface area contributed by atoms with Crippen molar-refractivity contribution in [2.24, 2.45) is 0 Å². The van der Waals surface area contributed by atoms with Gasteiger partial charge in [-0.05, 0) is 31.9 Å². The van der Waals surface area contributed by atoms with Crippen LogP contribution in [0.1, 0.15) is 36.1 Å². The van der Waals surface area contributed by atoms with Crippen LogP contribution < -0.4 is 5.32 Å². The van der Waals surface area contributed by atoms with Gasteiger partial charge in [0.1, 0.15) is 12.4 Å². The topological polar surface area (TPSA) is 81.0 Å². The Labute approximate surface area is 129 Å². The molecule has 7 heteroatoms. The number of hydrogen-bond acceptors (Lipinski definition) is 5. The molecule has 2 rings (SSSR count). The lowest BCUT2D eigenvalue weighted by atomic mass is 10.1. The van der Waals surface area contributed by atoms with Gasteiger partial charge in [-0.3, -0.25) is 4.79 Å². The molecule has 1 aromatic heterocycles. The highest BCUT2D eigenvalue weighted by molar-refractivity contribution is 5.91. The molecule has 1 saturated heterocycles. The van der Waals surface area contributed by atoms with Gasteiger partial charge in [-0.2, -0.15) is 0 Å². The summed E-state index contributed by atoms with van der Waals surface area (Å²) >= 11 is 0. The number of amides is 2. The first-order valence-electron chi connectivity index (χ1n) is 7.44. The minimum atomic E-state index is -0.442. The second-order valence-electron chi connectivity index (χ2n) is 5.15. The smallest absolute Gasteiger partial charge is 0.407 e. The number of piperidine rings is 1. The van der Waals surface area contributed by atoms with Crippen LogP contribution in [0.3, 0.4) is 0 Å². The number of alkyl carbamates (subject to hydrolysis) is 1. The highest BCUT2D eigenvalue weighted by atomic mass is 16.5. The third-order valence-corrected chi connectivity index (χ3v) is 3.47. The van der Waals surface area contributed by atoms with E-state index in [9.17, 15) is 9.59 Å². The van der Waals surface area contributed by atoms with E-state index in [4.69, 9.17) is 13.9 Å². The quantitative estimate of drug-likeness (QED) is 0.896. The monoisotopic (exact) mass is 310 g/mol. The van der Waals surface area contributed by atoms with Crippen LogP contribution in [0.15, 0.2) is 16.5 Å². The highest BCUT2D eigenvalue weighted by Gasteiger charge is 2.27. The first-order chi connectivity index (χ1) is 10.6. The molecule has 2 amide bonds. The molecule has 1 aliphatic heterocycles. The van der Waals surface area contributed by atoms with Crippen molar-refractivity contribution in [1.29, 1.82) is 0 Å². The summed E-state index contributed by atoms with van der Waals surface area (Å²) in [6.07, 6.45) is 1.21. The van der Waals surface area contributed by atoms with Crippen LogP contribution in [0.5, 0.6) is 0 Å². The Morgan fingerprint density at radius 3 is 3.00 bits per heavy atom. The molecule has 0 radical (unpaired) electrons. The standard InChI is InChI=1S/C15H22N2O5/c1-3-21-15(19)16-11-5-4-8-17(9-11)14(18)13-7-6-12(22-13)10-20-2/h6-7,11H,3-5,8-10H2,1-2H3,(H,16,19). The van der Waals surface area contributed by atoms with Gasteiger partial charge in [0, 0.05) is 26.2 Å². The van der Waals surface area contributed by atoms with Crippen LogP contribution in [0, 0.1) is 0 Å². The number of rotatable bonds is 5. The van der Waals surface area contributed by atoms with E-state index < -0.39 is 6.09 Å². The maximum absolute atomic E-state index is 12.4. The van der Waals surface area contributed by atoms with Gasteiger partial charge in [0.2, 0.25) is 0 Å². The summed E-state index contributed by atoms with van der Waals surface area (Å²) in [4.78, 5) is 25.6. The van der Waals surface area contributed by atoms with E-state index >= 15 is 0 Å². The zero-order valence-corrected chi connectivity index (χ0v) is 13.0. The summed E-state index contributed by atoms with van der Waals surface area (Å²) in [6.45, 7) is 3.53. The molecule has 1 N–H and O–H groups in total. The van der Waals surface area contributed by atoms with E-state index in [-0.39, 0.29) is 11.9 Å². The summed E-state index contributed by atoms with van der Waals surface area (Å²) in [5.41, 5.74) is 0. The van der Waals surface area contributed by atoms with Crippen molar-refractivity contribution in [2.45, 2.75) is 32.4 Å². The van der Waals surface area contributed by atoms with Crippen LogP contribution in [-0.4, -0.2) is 49.7 Å². The molecular formula is C15H22N2O5. The van der Waals surface area contributed by atoms with Crippen molar-refractivity contribution in [2.75, 3.05) is 26.8 Å². The molecule has 2 heterocycles. The summed E-state index contributed by atoms with van der Waals surface area (Å²) in [7, 11) is 1.57. The van der Waals surface area contributed by atoms with Gasteiger partial charge >= 0.3 is 6.09 Å². The van der Waals surface area contributed by atoms with Crippen molar-refractivity contribution in [3.63, 3.8) is 0 Å². The molecule has 1 aliphatic rings. The molecule has 1 atom stereocenters. The number of hydrogen-bond donors (Lipinski definition) is 1. The average molecular weight is 310 g/mol. The van der Waals surface area contributed by atoms with Crippen molar-refractivity contribution in [3.05, 3.63) is 23.7 Å². The van der Waals surface area contributed by atoms with E-state index in [1.807, 2.05) is 0 Å².